The zero-order chi connectivity index (χ0) is 19.1. The Labute approximate surface area is 151 Å². The molecule has 3 rings (SSSR count). The second-order valence-corrected chi connectivity index (χ2v) is 8.24. The number of nitrogens with zero attached hydrogens (tertiary/aromatic N) is 1. The first-order valence-corrected chi connectivity index (χ1v) is 9.65. The second-order valence-electron chi connectivity index (χ2n) is 6.64. The molecule has 1 heterocycles. The van der Waals surface area contributed by atoms with E-state index in [0.29, 0.717) is 15.6 Å². The molecule has 0 aliphatic carbocycles. The average molecular weight is 381 g/mol. The minimum absolute atomic E-state index is 0.154. The van der Waals surface area contributed by atoms with Crippen molar-refractivity contribution in [3.8, 4) is 5.75 Å². The summed E-state index contributed by atoms with van der Waals surface area (Å²) in [5, 5.41) is 14.0. The van der Waals surface area contributed by atoms with Crippen molar-refractivity contribution in [3.05, 3.63) is 30.1 Å². The summed E-state index contributed by atoms with van der Waals surface area (Å²) in [5.74, 6) is -1.68. The van der Waals surface area contributed by atoms with Crippen LogP contribution in [0.4, 0.5) is 15.8 Å². The molecule has 1 amide bonds. The van der Waals surface area contributed by atoms with Crippen molar-refractivity contribution >= 4 is 38.3 Å². The third kappa shape index (κ3) is 3.39. The first kappa shape index (κ1) is 18.2. The number of rotatable bonds is 5. The van der Waals surface area contributed by atoms with Gasteiger partial charge in [-0.3, -0.25) is 4.79 Å². The number of hydrogen-bond acceptors (Lipinski definition) is 5. The molecule has 2 aromatic rings. The summed E-state index contributed by atoms with van der Waals surface area (Å²) in [6, 6.07) is 6.18. The summed E-state index contributed by atoms with van der Waals surface area (Å²) < 4.78 is 41.1. The van der Waals surface area contributed by atoms with Gasteiger partial charge in [0.2, 0.25) is 0 Å². The molecule has 1 fully saturated rings. The van der Waals surface area contributed by atoms with E-state index in [1.54, 1.807) is 16.9 Å². The van der Waals surface area contributed by atoms with E-state index in [1.807, 2.05) is 0 Å². The van der Waals surface area contributed by atoms with Crippen LogP contribution in [0.3, 0.4) is 0 Å². The van der Waals surface area contributed by atoms with E-state index in [2.05, 4.69) is 19.2 Å². The number of aromatic hydroxyl groups is 1. The highest BCUT2D eigenvalue weighted by Crippen LogP contribution is 2.38. The minimum atomic E-state index is -4.21. The maximum absolute atomic E-state index is 14.9. The highest BCUT2D eigenvalue weighted by atomic mass is 32.2. The lowest BCUT2D eigenvalue weighted by Gasteiger charge is -2.18. The van der Waals surface area contributed by atoms with Crippen molar-refractivity contribution in [1.82, 2.24) is 4.72 Å². The van der Waals surface area contributed by atoms with Gasteiger partial charge in [-0.05, 0) is 42.0 Å². The molecule has 26 heavy (non-hydrogen) atoms. The Hall–Kier alpha value is -2.55. The number of nitrogens with one attached hydrogen (secondary N) is 2. The zero-order valence-electron chi connectivity index (χ0n) is 14.4. The molecular weight excluding hydrogens is 361 g/mol. The minimum Gasteiger partial charge on any atom is -0.506 e. The van der Waals surface area contributed by atoms with Gasteiger partial charge in [-0.25, -0.2) is 13.4 Å². The number of halogens is 1. The summed E-state index contributed by atoms with van der Waals surface area (Å²) >= 11 is 0. The van der Waals surface area contributed by atoms with Crippen molar-refractivity contribution in [2.45, 2.75) is 20.3 Å². The first-order chi connectivity index (χ1) is 12.2. The Morgan fingerprint density at radius 2 is 2.08 bits per heavy atom. The Kier molecular flexibility index (Phi) is 4.66. The fraction of sp³-hybridized carbons (Fsp3) is 0.353. The summed E-state index contributed by atoms with van der Waals surface area (Å²) in [6.07, 6.45) is 0.977. The van der Waals surface area contributed by atoms with Crippen molar-refractivity contribution in [2.24, 2.45) is 5.92 Å². The lowest BCUT2D eigenvalue weighted by atomic mass is 10.1. The second kappa shape index (κ2) is 6.64. The molecule has 0 unspecified atom stereocenters. The van der Waals surface area contributed by atoms with Crippen molar-refractivity contribution in [3.63, 3.8) is 0 Å². The largest absolute Gasteiger partial charge is 0.506 e. The van der Waals surface area contributed by atoms with Crippen LogP contribution >= 0.6 is 0 Å². The zero-order valence-corrected chi connectivity index (χ0v) is 15.2. The number of phenolic OH excluding ortho intramolecular Hbond substituents is 1. The fourth-order valence-corrected chi connectivity index (χ4v) is 4.00. The number of hydrogen-bond donors (Lipinski definition) is 3. The third-order valence-electron chi connectivity index (χ3n) is 4.15. The van der Waals surface area contributed by atoms with Gasteiger partial charge in [-0.1, -0.05) is 13.8 Å². The van der Waals surface area contributed by atoms with Gasteiger partial charge in [-0.2, -0.15) is 8.42 Å². The molecule has 1 saturated heterocycles. The molecule has 1 aliphatic heterocycles. The topological polar surface area (TPSA) is 98.7 Å². The van der Waals surface area contributed by atoms with Crippen molar-refractivity contribution in [1.29, 1.82) is 0 Å². The summed E-state index contributed by atoms with van der Waals surface area (Å²) in [5.41, 5.74) is 0.242. The maximum atomic E-state index is 14.9. The number of amides is 1. The molecule has 2 aromatic carbocycles. The van der Waals surface area contributed by atoms with Crippen molar-refractivity contribution < 1.29 is 22.7 Å². The van der Waals surface area contributed by atoms with E-state index < -0.39 is 39.9 Å². The SMILES string of the molecule is CC(C)CCNc1ccc2c(F)c(N3CC(=O)NS3(=O)=O)c(O)cc2c1. The van der Waals surface area contributed by atoms with Crippen LogP contribution in [-0.4, -0.2) is 32.5 Å². The third-order valence-corrected chi connectivity index (χ3v) is 5.53. The Morgan fingerprint density at radius 1 is 1.35 bits per heavy atom. The number of benzene rings is 2. The number of carbonyl (C=O) groups excluding carboxylic acids is 1. The molecule has 9 heteroatoms. The molecule has 0 aromatic heterocycles. The van der Waals surface area contributed by atoms with E-state index in [1.165, 1.54) is 12.1 Å². The maximum Gasteiger partial charge on any atom is 0.326 e. The van der Waals surface area contributed by atoms with Gasteiger partial charge >= 0.3 is 10.2 Å². The fourth-order valence-electron chi connectivity index (χ4n) is 2.84. The summed E-state index contributed by atoms with van der Waals surface area (Å²) in [4.78, 5) is 11.4. The number of fused-ring (bicyclic) bond motifs is 1. The summed E-state index contributed by atoms with van der Waals surface area (Å²) in [7, 11) is -4.21. The predicted octanol–water partition coefficient (Wildman–Crippen LogP) is 2.32. The molecule has 3 N–H and O–H groups in total. The monoisotopic (exact) mass is 381 g/mol. The van der Waals surface area contributed by atoms with E-state index >= 15 is 0 Å². The highest BCUT2D eigenvalue weighted by molar-refractivity contribution is 7.92. The van der Waals surface area contributed by atoms with Gasteiger partial charge in [-0.15, -0.1) is 0 Å². The van der Waals surface area contributed by atoms with E-state index in [-0.39, 0.29) is 5.39 Å². The van der Waals surface area contributed by atoms with Crippen LogP contribution < -0.4 is 14.3 Å². The first-order valence-electron chi connectivity index (χ1n) is 8.21. The highest BCUT2D eigenvalue weighted by Gasteiger charge is 2.37. The van der Waals surface area contributed by atoms with Crippen LogP contribution in [0, 0.1) is 11.7 Å². The van der Waals surface area contributed by atoms with Crippen LogP contribution in [0.5, 0.6) is 5.75 Å². The molecule has 0 bridgehead atoms. The van der Waals surface area contributed by atoms with Gasteiger partial charge in [0.05, 0.1) is 0 Å². The number of carbonyl (C=O) groups is 1. The van der Waals surface area contributed by atoms with Gasteiger partial charge in [0.25, 0.3) is 5.91 Å². The van der Waals surface area contributed by atoms with E-state index in [0.717, 1.165) is 18.7 Å². The Bertz CT molecular complexity index is 976. The van der Waals surface area contributed by atoms with E-state index in [9.17, 15) is 22.7 Å². The summed E-state index contributed by atoms with van der Waals surface area (Å²) in [6.45, 7) is 4.41. The molecular formula is C17H20FN3O4S. The molecule has 7 nitrogen and oxygen atoms in total. The van der Waals surface area contributed by atoms with E-state index in [4.69, 9.17) is 0 Å². The average Bonchev–Trinajstić information content (AvgIpc) is 2.79. The normalized spacial score (nSPS) is 16.3. The lowest BCUT2D eigenvalue weighted by molar-refractivity contribution is -0.117. The molecule has 0 saturated carbocycles. The number of phenols is 1. The lowest BCUT2D eigenvalue weighted by Crippen LogP contribution is -2.30. The smallest absolute Gasteiger partial charge is 0.326 e. The van der Waals surface area contributed by atoms with Gasteiger partial charge in [0.15, 0.2) is 5.82 Å². The standard InChI is InChI=1S/C17H20FN3O4S/c1-10(2)5-6-19-12-3-4-13-11(7-12)8-14(22)17(16(13)18)21-9-15(23)20-26(21,24)25/h3-4,7-8,10,19,22H,5-6,9H2,1-2H3,(H,20,23). The molecule has 0 atom stereocenters. The molecule has 1 aliphatic rings. The molecule has 0 spiro atoms. The van der Waals surface area contributed by atoms with Crippen molar-refractivity contribution in [2.75, 3.05) is 22.7 Å². The van der Waals surface area contributed by atoms with Gasteiger partial charge in [0, 0.05) is 17.6 Å². The Balaban J connectivity index is 2.00. The Morgan fingerprint density at radius 3 is 2.69 bits per heavy atom. The van der Waals surface area contributed by atoms with Gasteiger partial charge in [0.1, 0.15) is 18.0 Å². The molecule has 140 valence electrons. The van der Waals surface area contributed by atoms with Crippen LogP contribution in [-0.2, 0) is 15.0 Å². The van der Waals surface area contributed by atoms with Crippen LogP contribution in [0.2, 0.25) is 0 Å². The molecule has 0 radical (unpaired) electrons. The number of anilines is 2. The quantitative estimate of drug-likeness (QED) is 0.738. The van der Waals surface area contributed by atoms with Crippen LogP contribution in [0.25, 0.3) is 10.8 Å². The van der Waals surface area contributed by atoms with Crippen LogP contribution in [0.1, 0.15) is 20.3 Å². The van der Waals surface area contributed by atoms with Crippen LogP contribution in [0.15, 0.2) is 24.3 Å². The predicted molar refractivity (Wildman–Crippen MR) is 97.9 cm³/mol. The van der Waals surface area contributed by atoms with Gasteiger partial charge < -0.3 is 10.4 Å².